The van der Waals surface area contributed by atoms with Crippen molar-refractivity contribution >= 4 is 0 Å². The highest BCUT2D eigenvalue weighted by molar-refractivity contribution is 5.22. The molecule has 4 fully saturated rings. The van der Waals surface area contributed by atoms with Crippen molar-refractivity contribution in [2.24, 2.45) is 40.2 Å². The first kappa shape index (κ1) is 18.2. The lowest BCUT2D eigenvalue weighted by Crippen LogP contribution is -2.71. The molecular formula is C21H37NO3. The fraction of sp³-hybridized carbons (Fsp3) is 1.00. The molecule has 5 N–H and O–H groups in total. The van der Waals surface area contributed by atoms with Gasteiger partial charge in [0, 0.05) is 11.0 Å². The highest BCUT2D eigenvalue weighted by Crippen LogP contribution is 2.68. The van der Waals surface area contributed by atoms with E-state index in [2.05, 4.69) is 13.8 Å². The van der Waals surface area contributed by atoms with Gasteiger partial charge in [-0.1, -0.05) is 13.8 Å². The Balaban J connectivity index is 1.71. The molecule has 0 radical (unpaired) electrons. The van der Waals surface area contributed by atoms with Crippen molar-refractivity contribution in [3.8, 4) is 0 Å². The predicted octanol–water partition coefficient (Wildman–Crippen LogP) is 2.44. The standard InChI is InChI=1S/C21H37NO3/c1-12(23)15-7-9-21(22)16-5-4-13-10-14(24)6-8-19(13,2)17(16)11-18(25)20(15,21)3/h12-18,23-25H,4-11,22H2,1-3H3/t12-,13+,14-,15+,16+,17-,18+,19-,20-,21-/m0/s1. The molecule has 0 bridgehead atoms. The van der Waals surface area contributed by atoms with Crippen molar-refractivity contribution in [2.45, 2.75) is 96.0 Å². The summed E-state index contributed by atoms with van der Waals surface area (Å²) in [5, 5.41) is 31.8. The van der Waals surface area contributed by atoms with Crippen molar-refractivity contribution in [3.63, 3.8) is 0 Å². The molecule has 144 valence electrons. The maximum absolute atomic E-state index is 11.3. The van der Waals surface area contributed by atoms with Crippen LogP contribution in [0.4, 0.5) is 0 Å². The van der Waals surface area contributed by atoms with E-state index < -0.39 is 12.2 Å². The third-order valence-electron chi connectivity index (χ3n) is 9.72. The minimum atomic E-state index is -0.441. The molecule has 4 aliphatic rings. The van der Waals surface area contributed by atoms with Crippen LogP contribution in [0.5, 0.6) is 0 Å². The fourth-order valence-electron chi connectivity index (χ4n) is 8.10. The van der Waals surface area contributed by atoms with E-state index in [1.165, 1.54) is 0 Å². The Morgan fingerprint density at radius 2 is 1.68 bits per heavy atom. The van der Waals surface area contributed by atoms with Crippen LogP contribution in [-0.4, -0.2) is 39.2 Å². The van der Waals surface area contributed by atoms with Gasteiger partial charge in [-0.05, 0) is 87.4 Å². The van der Waals surface area contributed by atoms with Gasteiger partial charge >= 0.3 is 0 Å². The quantitative estimate of drug-likeness (QED) is 0.584. The van der Waals surface area contributed by atoms with Crippen molar-refractivity contribution in [3.05, 3.63) is 0 Å². The topological polar surface area (TPSA) is 86.7 Å². The van der Waals surface area contributed by atoms with Gasteiger partial charge < -0.3 is 21.1 Å². The molecule has 0 aromatic heterocycles. The Hall–Kier alpha value is -0.160. The van der Waals surface area contributed by atoms with Crippen molar-refractivity contribution in [1.82, 2.24) is 0 Å². The van der Waals surface area contributed by atoms with Gasteiger partial charge in [0.2, 0.25) is 0 Å². The molecule has 0 aromatic carbocycles. The lowest BCUT2D eigenvalue weighted by atomic mass is 9.42. The summed E-state index contributed by atoms with van der Waals surface area (Å²) >= 11 is 0. The van der Waals surface area contributed by atoms with E-state index in [0.29, 0.717) is 17.8 Å². The van der Waals surface area contributed by atoms with Crippen LogP contribution in [0.15, 0.2) is 0 Å². The predicted molar refractivity (Wildman–Crippen MR) is 97.7 cm³/mol. The van der Waals surface area contributed by atoms with Gasteiger partial charge in [-0.25, -0.2) is 0 Å². The van der Waals surface area contributed by atoms with Crippen molar-refractivity contribution < 1.29 is 15.3 Å². The second-order valence-electron chi connectivity index (χ2n) is 10.4. The number of hydrogen-bond donors (Lipinski definition) is 4. The van der Waals surface area contributed by atoms with Crippen LogP contribution in [0.25, 0.3) is 0 Å². The Morgan fingerprint density at radius 3 is 2.36 bits per heavy atom. The minimum absolute atomic E-state index is 0.0900. The lowest BCUT2D eigenvalue weighted by Gasteiger charge is -2.65. The summed E-state index contributed by atoms with van der Waals surface area (Å²) in [5.74, 6) is 1.53. The zero-order chi connectivity index (χ0) is 18.2. The summed E-state index contributed by atoms with van der Waals surface area (Å²) in [6.07, 6.45) is 6.77. The van der Waals surface area contributed by atoms with Crippen LogP contribution >= 0.6 is 0 Å². The van der Waals surface area contributed by atoms with Gasteiger partial charge in [0.05, 0.1) is 18.3 Å². The van der Waals surface area contributed by atoms with E-state index in [1.807, 2.05) is 6.92 Å². The highest BCUT2D eigenvalue weighted by atomic mass is 16.3. The summed E-state index contributed by atoms with van der Waals surface area (Å²) < 4.78 is 0. The summed E-state index contributed by atoms with van der Waals surface area (Å²) in [6, 6.07) is 0. The summed E-state index contributed by atoms with van der Waals surface area (Å²) in [5.41, 5.74) is 6.59. The number of aliphatic hydroxyl groups excluding tert-OH is 3. The smallest absolute Gasteiger partial charge is 0.0618 e. The molecule has 4 saturated carbocycles. The van der Waals surface area contributed by atoms with Crippen molar-refractivity contribution in [2.75, 3.05) is 0 Å². The largest absolute Gasteiger partial charge is 0.393 e. The van der Waals surface area contributed by atoms with Crippen LogP contribution in [0.2, 0.25) is 0 Å². The molecule has 0 heterocycles. The zero-order valence-corrected chi connectivity index (χ0v) is 16.1. The normalized spacial score (nSPS) is 59.6. The van der Waals surface area contributed by atoms with Gasteiger partial charge in [-0.2, -0.15) is 0 Å². The average molecular weight is 352 g/mol. The van der Waals surface area contributed by atoms with Gasteiger partial charge in [0.1, 0.15) is 0 Å². The second kappa shape index (κ2) is 5.67. The third-order valence-corrected chi connectivity index (χ3v) is 9.72. The second-order valence-corrected chi connectivity index (χ2v) is 10.4. The van der Waals surface area contributed by atoms with E-state index in [9.17, 15) is 15.3 Å². The molecule has 0 spiro atoms. The number of fused-ring (bicyclic) bond motifs is 5. The van der Waals surface area contributed by atoms with E-state index in [4.69, 9.17) is 5.73 Å². The molecule has 0 aromatic rings. The summed E-state index contributed by atoms with van der Waals surface area (Å²) in [4.78, 5) is 0. The van der Waals surface area contributed by atoms with Crippen LogP contribution in [0.3, 0.4) is 0 Å². The van der Waals surface area contributed by atoms with Crippen LogP contribution in [0, 0.1) is 34.5 Å². The third kappa shape index (κ3) is 2.20. The van der Waals surface area contributed by atoms with Gasteiger partial charge in [0.25, 0.3) is 0 Å². The Morgan fingerprint density at radius 1 is 0.960 bits per heavy atom. The minimum Gasteiger partial charge on any atom is -0.393 e. The summed E-state index contributed by atoms with van der Waals surface area (Å²) in [6.45, 7) is 6.42. The van der Waals surface area contributed by atoms with Crippen LogP contribution in [-0.2, 0) is 0 Å². The first-order valence-corrected chi connectivity index (χ1v) is 10.5. The number of hydrogen-bond acceptors (Lipinski definition) is 4. The average Bonchev–Trinajstić information content (AvgIpc) is 2.83. The Labute approximate surface area is 152 Å². The van der Waals surface area contributed by atoms with Gasteiger partial charge in [0.15, 0.2) is 0 Å². The van der Waals surface area contributed by atoms with Gasteiger partial charge in [-0.15, -0.1) is 0 Å². The molecule has 4 aliphatic carbocycles. The molecule has 0 aliphatic heterocycles. The Bertz CT molecular complexity index is 539. The fourth-order valence-corrected chi connectivity index (χ4v) is 8.10. The molecule has 0 amide bonds. The molecule has 25 heavy (non-hydrogen) atoms. The first-order valence-electron chi connectivity index (χ1n) is 10.5. The number of aliphatic hydroxyl groups is 3. The maximum atomic E-state index is 11.3. The molecular weight excluding hydrogens is 314 g/mol. The molecule has 4 rings (SSSR count). The molecule has 4 nitrogen and oxygen atoms in total. The van der Waals surface area contributed by atoms with Gasteiger partial charge in [-0.3, -0.25) is 0 Å². The Kier molecular flexibility index (Phi) is 4.13. The SMILES string of the molecule is C[C@H](O)[C@H]1CC[C@]2(N)[C@@H]3CC[C@@H]4C[C@@H](O)CC[C@]4(C)[C@H]3C[C@@H](O)[C@]12C. The first-order chi connectivity index (χ1) is 11.6. The number of nitrogens with two attached hydrogens (primary N) is 1. The van der Waals surface area contributed by atoms with E-state index in [-0.39, 0.29) is 28.4 Å². The van der Waals surface area contributed by atoms with E-state index >= 15 is 0 Å². The molecule has 0 saturated heterocycles. The maximum Gasteiger partial charge on any atom is 0.0618 e. The van der Waals surface area contributed by atoms with Crippen molar-refractivity contribution in [1.29, 1.82) is 0 Å². The zero-order valence-electron chi connectivity index (χ0n) is 16.1. The van der Waals surface area contributed by atoms with E-state index in [1.54, 1.807) is 0 Å². The van der Waals surface area contributed by atoms with E-state index in [0.717, 1.165) is 51.4 Å². The van der Waals surface area contributed by atoms with Crippen LogP contribution in [0.1, 0.15) is 72.1 Å². The lowest BCUT2D eigenvalue weighted by molar-refractivity contribution is -0.187. The molecule has 10 atom stereocenters. The van der Waals surface area contributed by atoms with Crippen LogP contribution < -0.4 is 5.73 Å². The monoisotopic (exact) mass is 351 g/mol. The molecule has 0 unspecified atom stereocenters. The number of rotatable bonds is 1. The molecule has 4 heteroatoms. The highest BCUT2D eigenvalue weighted by Gasteiger charge is 2.69. The summed E-state index contributed by atoms with van der Waals surface area (Å²) in [7, 11) is 0.